The van der Waals surface area contributed by atoms with Crippen LogP contribution in [0.4, 0.5) is 0 Å². The monoisotopic (exact) mass is 757 g/mol. The Labute approximate surface area is 236 Å². The summed E-state index contributed by atoms with van der Waals surface area (Å²) >= 11 is 12.7. The van der Waals surface area contributed by atoms with Gasteiger partial charge >= 0.3 is 0 Å². The van der Waals surface area contributed by atoms with Gasteiger partial charge in [0.15, 0.2) is 0 Å². The number of benzene rings is 3. The highest BCUT2D eigenvalue weighted by atomic mass is 127. The Hall–Kier alpha value is -1.56. The maximum absolute atomic E-state index is 13.1. The van der Waals surface area contributed by atoms with E-state index in [1.807, 2.05) is 48.5 Å². The summed E-state index contributed by atoms with van der Waals surface area (Å²) in [5.74, 6) is 1.43. The fourth-order valence-electron chi connectivity index (χ4n) is 3.33. The summed E-state index contributed by atoms with van der Waals surface area (Å²) in [4.78, 5) is 17.8. The summed E-state index contributed by atoms with van der Waals surface area (Å²) in [5.41, 5.74) is 2.42. The largest absolute Gasteiger partial charge is 0.488 e. The van der Waals surface area contributed by atoms with Crippen molar-refractivity contribution in [3.8, 4) is 5.75 Å². The minimum atomic E-state index is -0.180. The number of nitrogens with zero attached hydrogens (tertiary/aromatic N) is 3. The molecule has 34 heavy (non-hydrogen) atoms. The fourth-order valence-corrected chi connectivity index (χ4v) is 5.55. The second-order valence-corrected chi connectivity index (χ2v) is 11.4. The maximum atomic E-state index is 13.1. The van der Waals surface area contributed by atoms with Gasteiger partial charge in [0.05, 0.1) is 20.7 Å². The van der Waals surface area contributed by atoms with Crippen molar-refractivity contribution < 1.29 is 4.74 Å². The molecule has 0 fully saturated rings. The first-order valence-corrected chi connectivity index (χ1v) is 13.9. The SMILES string of the molecule is CCCc1nc2ccc(Br)cc2c(=O)n1N=Cc1ccc(OCc2ccc(Br)cc2Br)c(I)c1. The summed E-state index contributed by atoms with van der Waals surface area (Å²) in [6, 6.07) is 17.3. The topological polar surface area (TPSA) is 56.5 Å². The highest BCUT2D eigenvalue weighted by Crippen LogP contribution is 2.26. The zero-order valence-corrected chi connectivity index (χ0v) is 25.0. The second kappa shape index (κ2) is 11.5. The van der Waals surface area contributed by atoms with Crippen molar-refractivity contribution in [2.75, 3.05) is 0 Å². The molecule has 4 aromatic rings. The van der Waals surface area contributed by atoms with E-state index in [2.05, 4.69) is 87.4 Å². The van der Waals surface area contributed by atoms with Crippen LogP contribution in [0.15, 0.2) is 77.9 Å². The van der Waals surface area contributed by atoms with Gasteiger partial charge in [-0.3, -0.25) is 4.79 Å². The molecular formula is C25H19Br3IN3O2. The van der Waals surface area contributed by atoms with E-state index in [1.165, 1.54) is 4.68 Å². The van der Waals surface area contributed by atoms with E-state index in [0.29, 0.717) is 29.8 Å². The molecule has 0 aliphatic heterocycles. The lowest BCUT2D eigenvalue weighted by Crippen LogP contribution is -2.22. The van der Waals surface area contributed by atoms with Crippen molar-refractivity contribution in [1.82, 2.24) is 9.66 Å². The standard InChI is InChI=1S/C25H19Br3IN3O2/c1-2-3-24-31-22-8-7-17(26)11-19(22)25(33)32(24)30-13-15-4-9-23(21(29)10-15)34-14-16-5-6-18(27)12-20(16)28/h4-13H,2-3,14H2,1H3. The molecule has 0 atom stereocenters. The second-order valence-electron chi connectivity index (χ2n) is 7.52. The summed E-state index contributed by atoms with van der Waals surface area (Å²) in [6.07, 6.45) is 3.21. The molecule has 0 saturated heterocycles. The molecule has 4 rings (SSSR count). The highest BCUT2D eigenvalue weighted by molar-refractivity contribution is 14.1. The van der Waals surface area contributed by atoms with Crippen molar-refractivity contribution in [3.05, 3.63) is 98.9 Å². The van der Waals surface area contributed by atoms with Crippen LogP contribution in [0.25, 0.3) is 10.9 Å². The Morgan fingerprint density at radius 3 is 2.56 bits per heavy atom. The Morgan fingerprint density at radius 2 is 1.82 bits per heavy atom. The Morgan fingerprint density at radius 1 is 1.06 bits per heavy atom. The van der Waals surface area contributed by atoms with Gasteiger partial charge in [-0.25, -0.2) is 4.98 Å². The molecule has 5 nitrogen and oxygen atoms in total. The molecule has 0 radical (unpaired) electrons. The number of hydrogen-bond donors (Lipinski definition) is 0. The third-order valence-corrected chi connectivity index (χ3v) is 7.59. The van der Waals surface area contributed by atoms with E-state index in [0.717, 1.165) is 40.3 Å². The number of aryl methyl sites for hydroxylation is 1. The Balaban J connectivity index is 1.59. The molecular weight excluding hydrogens is 741 g/mol. The number of rotatable bonds is 7. The maximum Gasteiger partial charge on any atom is 0.282 e. The minimum absolute atomic E-state index is 0.180. The first-order chi connectivity index (χ1) is 16.4. The molecule has 0 saturated carbocycles. The molecule has 174 valence electrons. The van der Waals surface area contributed by atoms with Gasteiger partial charge < -0.3 is 4.74 Å². The first kappa shape index (κ1) is 25.5. The molecule has 0 amide bonds. The van der Waals surface area contributed by atoms with Crippen molar-refractivity contribution in [1.29, 1.82) is 0 Å². The van der Waals surface area contributed by atoms with Crippen LogP contribution in [0.1, 0.15) is 30.3 Å². The van der Waals surface area contributed by atoms with Crippen LogP contribution in [0.5, 0.6) is 5.75 Å². The number of fused-ring (bicyclic) bond motifs is 1. The van der Waals surface area contributed by atoms with Crippen molar-refractivity contribution >= 4 is 87.5 Å². The summed E-state index contributed by atoms with van der Waals surface area (Å²) < 4.78 is 11.2. The van der Waals surface area contributed by atoms with Crippen LogP contribution < -0.4 is 10.3 Å². The number of aromatic nitrogens is 2. The summed E-state index contributed by atoms with van der Waals surface area (Å²) in [5, 5.41) is 5.04. The smallest absolute Gasteiger partial charge is 0.282 e. The zero-order chi connectivity index (χ0) is 24.2. The van der Waals surface area contributed by atoms with Gasteiger partial charge in [-0.05, 0) is 83.1 Å². The van der Waals surface area contributed by atoms with E-state index >= 15 is 0 Å². The Kier molecular flexibility index (Phi) is 8.60. The Bertz CT molecular complexity index is 1450. The van der Waals surface area contributed by atoms with Gasteiger partial charge in [0.1, 0.15) is 18.2 Å². The van der Waals surface area contributed by atoms with Crippen LogP contribution >= 0.6 is 70.4 Å². The lowest BCUT2D eigenvalue weighted by molar-refractivity contribution is 0.303. The lowest BCUT2D eigenvalue weighted by atomic mass is 10.2. The van der Waals surface area contributed by atoms with Gasteiger partial charge in [0, 0.05) is 25.4 Å². The highest BCUT2D eigenvalue weighted by Gasteiger charge is 2.11. The molecule has 0 bridgehead atoms. The fraction of sp³-hybridized carbons (Fsp3) is 0.160. The minimum Gasteiger partial charge on any atom is -0.488 e. The first-order valence-electron chi connectivity index (χ1n) is 10.5. The van der Waals surface area contributed by atoms with Crippen molar-refractivity contribution in [2.45, 2.75) is 26.4 Å². The quantitative estimate of drug-likeness (QED) is 0.144. The van der Waals surface area contributed by atoms with E-state index in [9.17, 15) is 4.79 Å². The predicted molar refractivity (Wildman–Crippen MR) is 156 cm³/mol. The summed E-state index contributed by atoms with van der Waals surface area (Å²) in [7, 11) is 0. The molecule has 0 unspecified atom stereocenters. The van der Waals surface area contributed by atoms with Crippen LogP contribution in [-0.4, -0.2) is 15.9 Å². The van der Waals surface area contributed by atoms with Gasteiger partial charge in [-0.15, -0.1) is 0 Å². The van der Waals surface area contributed by atoms with Crippen LogP contribution in [0.2, 0.25) is 0 Å². The third-order valence-electron chi connectivity index (χ3n) is 5.03. The molecule has 0 aliphatic carbocycles. The average molecular weight is 760 g/mol. The van der Waals surface area contributed by atoms with Gasteiger partial charge in [0.25, 0.3) is 5.56 Å². The number of ether oxygens (including phenoxy) is 1. The molecule has 1 aromatic heterocycles. The van der Waals surface area contributed by atoms with Crippen LogP contribution in [0.3, 0.4) is 0 Å². The normalized spacial score (nSPS) is 11.4. The molecule has 9 heteroatoms. The van der Waals surface area contributed by atoms with Crippen LogP contribution in [0, 0.1) is 3.57 Å². The van der Waals surface area contributed by atoms with Gasteiger partial charge in [-0.2, -0.15) is 9.78 Å². The average Bonchev–Trinajstić information content (AvgIpc) is 2.80. The number of hydrogen-bond acceptors (Lipinski definition) is 4. The molecule has 0 N–H and O–H groups in total. The van der Waals surface area contributed by atoms with Gasteiger partial charge in [0.2, 0.25) is 0 Å². The molecule has 0 aliphatic rings. The lowest BCUT2D eigenvalue weighted by Gasteiger charge is -2.11. The van der Waals surface area contributed by atoms with E-state index in [-0.39, 0.29) is 5.56 Å². The zero-order valence-electron chi connectivity index (χ0n) is 18.1. The summed E-state index contributed by atoms with van der Waals surface area (Å²) in [6.45, 7) is 2.51. The van der Waals surface area contributed by atoms with E-state index in [1.54, 1.807) is 12.3 Å². The number of halogens is 4. The van der Waals surface area contributed by atoms with Crippen molar-refractivity contribution in [3.63, 3.8) is 0 Å². The van der Waals surface area contributed by atoms with E-state index < -0.39 is 0 Å². The van der Waals surface area contributed by atoms with Crippen LogP contribution in [-0.2, 0) is 13.0 Å². The third kappa shape index (κ3) is 5.98. The van der Waals surface area contributed by atoms with Gasteiger partial charge in [-0.1, -0.05) is 60.8 Å². The molecule has 3 aromatic carbocycles. The molecule has 0 spiro atoms. The van der Waals surface area contributed by atoms with Crippen molar-refractivity contribution in [2.24, 2.45) is 5.10 Å². The van der Waals surface area contributed by atoms with E-state index in [4.69, 9.17) is 4.74 Å². The predicted octanol–water partition coefficient (Wildman–Crippen LogP) is 7.70. The molecule has 1 heterocycles.